The fraction of sp³-hybridized carbons (Fsp3) is 0.500. The van der Waals surface area contributed by atoms with Crippen molar-refractivity contribution in [2.75, 3.05) is 54.6 Å². The van der Waals surface area contributed by atoms with Crippen LogP contribution >= 0.6 is 0 Å². The van der Waals surface area contributed by atoms with Gasteiger partial charge in [-0.3, -0.25) is 4.21 Å². The number of piperidine rings is 1. The highest BCUT2D eigenvalue weighted by Crippen LogP contribution is 2.38. The molecule has 3 aromatic rings. The molecule has 1 unspecified atom stereocenters. The lowest BCUT2D eigenvalue weighted by molar-refractivity contribution is 0.242. The van der Waals surface area contributed by atoms with Crippen LogP contribution in [0, 0.1) is 6.92 Å². The third-order valence-corrected chi connectivity index (χ3v) is 9.55. The second kappa shape index (κ2) is 12.9. The van der Waals surface area contributed by atoms with E-state index < -0.39 is 10.8 Å². The summed E-state index contributed by atoms with van der Waals surface area (Å²) in [6.07, 6.45) is 3.12. The second-order valence-electron chi connectivity index (χ2n) is 12.0. The second-order valence-corrected chi connectivity index (χ2v) is 14.0. The fourth-order valence-electron chi connectivity index (χ4n) is 5.67. The Kier molecular flexibility index (Phi) is 9.22. The summed E-state index contributed by atoms with van der Waals surface area (Å²) in [5.41, 5.74) is 5.04. The van der Waals surface area contributed by atoms with Crippen molar-refractivity contribution in [2.45, 2.75) is 76.2 Å². The van der Waals surface area contributed by atoms with Gasteiger partial charge in [-0.15, -0.1) is 0 Å². The predicted octanol–water partition coefficient (Wildman–Crippen LogP) is 6.07. The highest BCUT2D eigenvalue weighted by Gasteiger charge is 2.25. The van der Waals surface area contributed by atoms with Crippen molar-refractivity contribution in [3.8, 4) is 5.75 Å². The Morgan fingerprint density at radius 1 is 1.05 bits per heavy atom. The highest BCUT2D eigenvalue weighted by atomic mass is 32.2. The van der Waals surface area contributed by atoms with E-state index in [0.29, 0.717) is 17.8 Å². The summed E-state index contributed by atoms with van der Waals surface area (Å²) >= 11 is 0. The molecular formula is C32H45N7O2S. The van der Waals surface area contributed by atoms with Crippen molar-refractivity contribution in [1.29, 1.82) is 0 Å². The molecule has 0 amide bonds. The van der Waals surface area contributed by atoms with Gasteiger partial charge in [-0.1, -0.05) is 26.0 Å². The summed E-state index contributed by atoms with van der Waals surface area (Å²) in [7, 11) is 3.20. The Bertz CT molecular complexity index is 1430. The van der Waals surface area contributed by atoms with Crippen molar-refractivity contribution in [1.82, 2.24) is 14.9 Å². The van der Waals surface area contributed by atoms with Crippen LogP contribution in [-0.2, 0) is 17.2 Å². The summed E-state index contributed by atoms with van der Waals surface area (Å²) < 4.78 is 19.4. The first-order chi connectivity index (χ1) is 20.1. The summed E-state index contributed by atoms with van der Waals surface area (Å²) in [6, 6.07) is 12.7. The van der Waals surface area contributed by atoms with E-state index in [-0.39, 0.29) is 11.4 Å². The molecule has 0 bridgehead atoms. The number of hydrogen-bond acceptors (Lipinski definition) is 9. The van der Waals surface area contributed by atoms with Crippen molar-refractivity contribution < 1.29 is 8.95 Å². The van der Waals surface area contributed by atoms with Gasteiger partial charge >= 0.3 is 0 Å². The van der Waals surface area contributed by atoms with Crippen molar-refractivity contribution in [3.63, 3.8) is 0 Å². The van der Waals surface area contributed by atoms with Crippen LogP contribution in [0.25, 0.3) is 0 Å². The Labute approximate surface area is 252 Å². The minimum absolute atomic E-state index is 0.00731. The van der Waals surface area contributed by atoms with Gasteiger partial charge in [-0.2, -0.15) is 9.97 Å². The van der Waals surface area contributed by atoms with Gasteiger partial charge in [0.25, 0.3) is 0 Å². The molecule has 42 heavy (non-hydrogen) atoms. The molecule has 1 saturated heterocycles. The average molecular weight is 592 g/mol. The third kappa shape index (κ3) is 6.65. The van der Waals surface area contributed by atoms with Crippen LogP contribution in [0.3, 0.4) is 0 Å². The zero-order valence-electron chi connectivity index (χ0n) is 26.0. The number of nitrogens with zero attached hydrogens (tertiary/aromatic N) is 4. The molecule has 2 aliphatic rings. The molecule has 0 aliphatic carbocycles. The largest absolute Gasteiger partial charge is 0.489 e. The summed E-state index contributed by atoms with van der Waals surface area (Å²) in [5, 5.41) is 10.4. The summed E-state index contributed by atoms with van der Waals surface area (Å²) in [6.45, 7) is 13.0. The average Bonchev–Trinajstić information content (AvgIpc) is 3.43. The SMILES string of the molecule is Cc1cc(Nc2nc3c(c(Nc4ccccc4S(=O)C(C)C)n2)CCN3)c(OC(C)C)cc1N1CCC(N(C)C)CC1. The van der Waals surface area contributed by atoms with Gasteiger partial charge in [0, 0.05) is 48.2 Å². The number of anilines is 6. The Hall–Kier alpha value is -3.37. The first kappa shape index (κ1) is 30.1. The van der Waals surface area contributed by atoms with E-state index in [0.717, 1.165) is 72.3 Å². The van der Waals surface area contributed by atoms with Crippen molar-refractivity contribution >= 4 is 45.4 Å². The monoisotopic (exact) mass is 591 g/mol. The van der Waals surface area contributed by atoms with E-state index in [1.165, 1.54) is 11.3 Å². The molecule has 1 atom stereocenters. The maximum atomic E-state index is 13.0. The maximum Gasteiger partial charge on any atom is 0.231 e. The lowest BCUT2D eigenvalue weighted by atomic mass is 10.0. The topological polar surface area (TPSA) is 94.6 Å². The Morgan fingerprint density at radius 3 is 2.48 bits per heavy atom. The molecule has 5 rings (SSSR count). The quantitative estimate of drug-likeness (QED) is 0.260. The number of fused-ring (bicyclic) bond motifs is 1. The van der Waals surface area contributed by atoms with E-state index in [9.17, 15) is 4.21 Å². The van der Waals surface area contributed by atoms with E-state index in [1.807, 2.05) is 52.0 Å². The molecule has 1 aromatic heterocycles. The first-order valence-electron chi connectivity index (χ1n) is 15.0. The number of hydrogen-bond donors (Lipinski definition) is 3. The lowest BCUT2D eigenvalue weighted by Crippen LogP contribution is -2.42. The van der Waals surface area contributed by atoms with Crippen LogP contribution in [0.5, 0.6) is 5.75 Å². The normalized spacial score (nSPS) is 16.1. The maximum absolute atomic E-state index is 13.0. The zero-order valence-corrected chi connectivity index (χ0v) is 26.8. The van der Waals surface area contributed by atoms with E-state index in [4.69, 9.17) is 14.7 Å². The van der Waals surface area contributed by atoms with E-state index in [2.05, 4.69) is 58.9 Å². The Morgan fingerprint density at radius 2 is 1.79 bits per heavy atom. The van der Waals surface area contributed by atoms with Gasteiger partial charge < -0.3 is 30.5 Å². The number of para-hydroxylation sites is 1. The van der Waals surface area contributed by atoms with Gasteiger partial charge in [0.15, 0.2) is 0 Å². The number of aromatic nitrogens is 2. The van der Waals surface area contributed by atoms with Gasteiger partial charge in [0.1, 0.15) is 17.4 Å². The molecule has 2 aromatic carbocycles. The molecule has 10 heteroatoms. The van der Waals surface area contributed by atoms with Crippen LogP contribution in [-0.4, -0.2) is 70.2 Å². The molecule has 3 N–H and O–H groups in total. The smallest absolute Gasteiger partial charge is 0.231 e. The van der Waals surface area contributed by atoms with Crippen LogP contribution in [0.2, 0.25) is 0 Å². The van der Waals surface area contributed by atoms with E-state index in [1.54, 1.807) is 0 Å². The number of ether oxygens (including phenoxy) is 1. The highest BCUT2D eigenvalue weighted by molar-refractivity contribution is 7.85. The molecular weight excluding hydrogens is 546 g/mol. The molecule has 226 valence electrons. The molecule has 0 radical (unpaired) electrons. The number of nitrogens with one attached hydrogen (secondary N) is 3. The molecule has 3 heterocycles. The third-order valence-electron chi connectivity index (χ3n) is 7.90. The van der Waals surface area contributed by atoms with Crippen molar-refractivity contribution in [3.05, 3.63) is 47.5 Å². The first-order valence-corrected chi connectivity index (χ1v) is 16.2. The van der Waals surface area contributed by atoms with Crippen LogP contribution in [0.1, 0.15) is 51.7 Å². The van der Waals surface area contributed by atoms with Gasteiger partial charge in [0.05, 0.1) is 33.2 Å². The molecule has 1 fully saturated rings. The van der Waals surface area contributed by atoms with E-state index >= 15 is 0 Å². The molecule has 2 aliphatic heterocycles. The predicted molar refractivity (Wildman–Crippen MR) is 175 cm³/mol. The van der Waals surface area contributed by atoms with Crippen LogP contribution in [0.15, 0.2) is 41.3 Å². The summed E-state index contributed by atoms with van der Waals surface area (Å²) in [5.74, 6) is 2.77. The Balaban J connectivity index is 1.46. The molecule has 0 spiro atoms. The standard InChI is InChI=1S/C32H45N7O2S/c1-20(2)41-28-19-27(39-16-13-23(14-17-39)38(6)7)22(5)18-26(28)35-32-36-30-24(12-15-33-30)31(37-32)34-25-10-8-9-11-29(25)42(40)21(3)4/h8-11,18-21,23H,12-17H2,1-7H3,(H3,33,34,35,36,37). The van der Waals surface area contributed by atoms with Crippen LogP contribution in [0.4, 0.5) is 34.6 Å². The van der Waals surface area contributed by atoms with Gasteiger partial charge in [-0.05, 0) is 77.9 Å². The minimum Gasteiger partial charge on any atom is -0.489 e. The number of rotatable bonds is 10. The molecule has 0 saturated carbocycles. The summed E-state index contributed by atoms with van der Waals surface area (Å²) in [4.78, 5) is 15.3. The molecule has 9 nitrogen and oxygen atoms in total. The lowest BCUT2D eigenvalue weighted by Gasteiger charge is -2.37. The fourth-order valence-corrected chi connectivity index (χ4v) is 6.73. The van der Waals surface area contributed by atoms with Crippen LogP contribution < -0.4 is 25.6 Å². The van der Waals surface area contributed by atoms with Crippen molar-refractivity contribution in [2.24, 2.45) is 0 Å². The number of aryl methyl sites for hydroxylation is 1. The number of benzene rings is 2. The van der Waals surface area contributed by atoms with Gasteiger partial charge in [0.2, 0.25) is 5.95 Å². The minimum atomic E-state index is -1.14. The zero-order chi connectivity index (χ0) is 30.0. The van der Waals surface area contributed by atoms with Gasteiger partial charge in [-0.25, -0.2) is 0 Å².